The van der Waals surface area contributed by atoms with E-state index in [1.54, 1.807) is 0 Å². The number of aromatic amines is 1. The first kappa shape index (κ1) is 16.0. The lowest BCUT2D eigenvalue weighted by Gasteiger charge is -2.21. The highest BCUT2D eigenvalue weighted by Gasteiger charge is 2.19. The van der Waals surface area contributed by atoms with E-state index < -0.39 is 0 Å². The van der Waals surface area contributed by atoms with Gasteiger partial charge in [0.05, 0.1) is 0 Å². The molecular formula is C20H21ClN2S. The normalized spacial score (nSPS) is 15.9. The Kier molecular flexibility index (Phi) is 4.81. The van der Waals surface area contributed by atoms with Gasteiger partial charge in [0.2, 0.25) is 0 Å². The maximum atomic E-state index is 6.02. The van der Waals surface area contributed by atoms with E-state index in [9.17, 15) is 0 Å². The molecule has 0 radical (unpaired) electrons. The molecule has 24 heavy (non-hydrogen) atoms. The van der Waals surface area contributed by atoms with Crippen LogP contribution < -0.4 is 0 Å². The number of hydrogen-bond donors (Lipinski definition) is 1. The summed E-state index contributed by atoms with van der Waals surface area (Å²) < 4.78 is 0. The number of fused-ring (bicyclic) bond motifs is 1. The van der Waals surface area contributed by atoms with Crippen molar-refractivity contribution in [2.45, 2.75) is 48.3 Å². The Morgan fingerprint density at radius 3 is 2.67 bits per heavy atom. The van der Waals surface area contributed by atoms with E-state index in [0.29, 0.717) is 0 Å². The Morgan fingerprint density at radius 2 is 1.88 bits per heavy atom. The van der Waals surface area contributed by atoms with Crippen molar-refractivity contribution in [3.8, 4) is 0 Å². The van der Waals surface area contributed by atoms with Crippen LogP contribution in [0.25, 0.3) is 11.0 Å². The quantitative estimate of drug-likeness (QED) is 0.578. The summed E-state index contributed by atoms with van der Waals surface area (Å²) in [5, 5.41) is 2.01. The van der Waals surface area contributed by atoms with E-state index >= 15 is 0 Å². The van der Waals surface area contributed by atoms with E-state index in [1.807, 2.05) is 36.2 Å². The van der Waals surface area contributed by atoms with Gasteiger partial charge in [0, 0.05) is 32.1 Å². The fourth-order valence-electron chi connectivity index (χ4n) is 3.61. The van der Waals surface area contributed by atoms with Crippen molar-refractivity contribution >= 4 is 34.4 Å². The lowest BCUT2D eigenvalue weighted by atomic mass is 9.86. The monoisotopic (exact) mass is 356 g/mol. The van der Waals surface area contributed by atoms with Crippen LogP contribution in [0, 0.1) is 5.92 Å². The third-order valence-corrected chi connectivity index (χ3v) is 6.28. The molecule has 1 fully saturated rings. The van der Waals surface area contributed by atoms with Crippen molar-refractivity contribution in [1.29, 1.82) is 0 Å². The van der Waals surface area contributed by atoms with E-state index in [2.05, 4.69) is 28.2 Å². The molecule has 0 saturated heterocycles. The van der Waals surface area contributed by atoms with Crippen LogP contribution in [0.15, 0.2) is 52.4 Å². The lowest BCUT2D eigenvalue weighted by Crippen LogP contribution is -2.09. The summed E-state index contributed by atoms with van der Waals surface area (Å²) in [6.07, 6.45) is 9.86. The molecule has 4 rings (SSSR count). The van der Waals surface area contributed by atoms with Crippen LogP contribution >= 0.6 is 23.4 Å². The number of rotatable bonds is 4. The first-order valence-corrected chi connectivity index (χ1v) is 9.88. The number of aromatic nitrogens is 2. The molecule has 0 spiro atoms. The second-order valence-corrected chi connectivity index (χ2v) is 8.12. The van der Waals surface area contributed by atoms with Crippen LogP contribution in [0.3, 0.4) is 0 Å². The topological polar surface area (TPSA) is 28.7 Å². The molecule has 4 heteroatoms. The minimum absolute atomic E-state index is 0.780. The lowest BCUT2D eigenvalue weighted by molar-refractivity contribution is 0.353. The Morgan fingerprint density at radius 1 is 1.08 bits per heavy atom. The summed E-state index contributed by atoms with van der Waals surface area (Å²) >= 11 is 7.84. The second kappa shape index (κ2) is 7.20. The molecule has 1 aliphatic rings. The highest BCUT2D eigenvalue weighted by atomic mass is 35.5. The van der Waals surface area contributed by atoms with Gasteiger partial charge >= 0.3 is 0 Å². The summed E-state index contributed by atoms with van der Waals surface area (Å²) in [7, 11) is 0. The van der Waals surface area contributed by atoms with E-state index in [0.717, 1.165) is 23.0 Å². The fourth-order valence-corrected chi connectivity index (χ4v) is 4.78. The molecule has 3 aromatic rings. The van der Waals surface area contributed by atoms with Crippen molar-refractivity contribution in [3.05, 3.63) is 53.3 Å². The number of pyridine rings is 1. The van der Waals surface area contributed by atoms with Crippen molar-refractivity contribution in [2.24, 2.45) is 5.92 Å². The number of nitrogens with one attached hydrogen (secondary N) is 1. The van der Waals surface area contributed by atoms with Gasteiger partial charge in [-0.25, -0.2) is 4.98 Å². The Balaban J connectivity index is 1.68. The molecule has 1 N–H and O–H groups in total. The van der Waals surface area contributed by atoms with E-state index in [4.69, 9.17) is 11.6 Å². The summed E-state index contributed by atoms with van der Waals surface area (Å²) in [6, 6.07) is 12.3. The molecule has 0 unspecified atom stereocenters. The van der Waals surface area contributed by atoms with Crippen LogP contribution in [0.4, 0.5) is 0 Å². The molecular weight excluding hydrogens is 336 g/mol. The van der Waals surface area contributed by atoms with Crippen molar-refractivity contribution in [1.82, 2.24) is 9.97 Å². The highest BCUT2D eigenvalue weighted by Crippen LogP contribution is 2.38. The van der Waals surface area contributed by atoms with Gasteiger partial charge in [0.25, 0.3) is 0 Å². The molecule has 2 heterocycles. The molecule has 2 aromatic heterocycles. The Bertz CT molecular complexity index is 819. The van der Waals surface area contributed by atoms with Gasteiger partial charge in [-0.1, -0.05) is 55.5 Å². The highest BCUT2D eigenvalue weighted by molar-refractivity contribution is 7.99. The molecule has 0 bridgehead atoms. The van der Waals surface area contributed by atoms with Gasteiger partial charge in [-0.2, -0.15) is 0 Å². The minimum Gasteiger partial charge on any atom is -0.342 e. The standard InChI is InChI=1S/C20H21ClN2S/c21-15-8-10-16(11-9-15)24-19-17-7-4-12-22-20(17)23-18(19)13-14-5-2-1-3-6-14/h4,7-12,14H,1-3,5-6,13H2,(H,22,23). The van der Waals surface area contributed by atoms with Crippen LogP contribution in [-0.4, -0.2) is 9.97 Å². The molecule has 0 amide bonds. The van der Waals surface area contributed by atoms with Gasteiger partial charge in [-0.3, -0.25) is 0 Å². The van der Waals surface area contributed by atoms with Crippen LogP contribution in [0.1, 0.15) is 37.8 Å². The van der Waals surface area contributed by atoms with Crippen LogP contribution in [-0.2, 0) is 6.42 Å². The molecule has 0 aliphatic heterocycles. The number of benzene rings is 1. The number of H-pyrrole nitrogens is 1. The van der Waals surface area contributed by atoms with Crippen molar-refractivity contribution in [2.75, 3.05) is 0 Å². The average Bonchev–Trinajstić information content (AvgIpc) is 2.95. The zero-order chi connectivity index (χ0) is 16.4. The second-order valence-electron chi connectivity index (χ2n) is 6.60. The predicted octanol–water partition coefficient (Wildman–Crippen LogP) is 6.49. The van der Waals surface area contributed by atoms with Crippen molar-refractivity contribution in [3.63, 3.8) is 0 Å². The zero-order valence-electron chi connectivity index (χ0n) is 13.6. The molecule has 1 aliphatic carbocycles. The third kappa shape index (κ3) is 3.47. The number of hydrogen-bond acceptors (Lipinski definition) is 2. The van der Waals surface area contributed by atoms with Crippen LogP contribution in [0.5, 0.6) is 0 Å². The Hall–Kier alpha value is -1.45. The summed E-state index contributed by atoms with van der Waals surface area (Å²) in [6.45, 7) is 0. The molecule has 2 nitrogen and oxygen atoms in total. The summed E-state index contributed by atoms with van der Waals surface area (Å²) in [5.74, 6) is 0.802. The van der Waals surface area contributed by atoms with Crippen molar-refractivity contribution < 1.29 is 0 Å². The minimum atomic E-state index is 0.780. The zero-order valence-corrected chi connectivity index (χ0v) is 15.2. The largest absolute Gasteiger partial charge is 0.342 e. The molecule has 1 saturated carbocycles. The average molecular weight is 357 g/mol. The van der Waals surface area contributed by atoms with Gasteiger partial charge in [0.15, 0.2) is 0 Å². The fraction of sp³-hybridized carbons (Fsp3) is 0.350. The molecule has 0 atom stereocenters. The van der Waals surface area contributed by atoms with E-state index in [-0.39, 0.29) is 0 Å². The maximum absolute atomic E-state index is 6.02. The smallest absolute Gasteiger partial charge is 0.138 e. The first-order valence-electron chi connectivity index (χ1n) is 8.68. The van der Waals surface area contributed by atoms with Gasteiger partial charge in [0.1, 0.15) is 5.65 Å². The third-order valence-electron chi connectivity index (χ3n) is 4.85. The van der Waals surface area contributed by atoms with E-state index in [1.165, 1.54) is 53.0 Å². The predicted molar refractivity (Wildman–Crippen MR) is 102 cm³/mol. The van der Waals surface area contributed by atoms with Gasteiger partial charge in [-0.15, -0.1) is 0 Å². The summed E-state index contributed by atoms with van der Waals surface area (Å²) in [4.78, 5) is 10.6. The summed E-state index contributed by atoms with van der Waals surface area (Å²) in [5.41, 5.74) is 2.34. The molecule has 1 aromatic carbocycles. The SMILES string of the molecule is Clc1ccc(Sc2c(CC3CCCCC3)[nH]c3ncccc23)cc1. The first-order chi connectivity index (χ1) is 11.8. The Labute approximate surface area is 152 Å². The maximum Gasteiger partial charge on any atom is 0.138 e. The number of halogens is 1. The number of nitrogens with zero attached hydrogens (tertiary/aromatic N) is 1. The van der Waals surface area contributed by atoms with Gasteiger partial charge < -0.3 is 4.98 Å². The van der Waals surface area contributed by atoms with Crippen LogP contribution in [0.2, 0.25) is 5.02 Å². The molecule has 124 valence electrons. The van der Waals surface area contributed by atoms with Gasteiger partial charge in [-0.05, 0) is 48.7 Å².